The molecule has 86 valence electrons. The molecule has 0 atom stereocenters. The van der Waals surface area contributed by atoms with Gasteiger partial charge in [-0.3, -0.25) is 0 Å². The van der Waals surface area contributed by atoms with Crippen molar-refractivity contribution >= 4 is 29.4 Å². The first kappa shape index (κ1) is 10.9. The van der Waals surface area contributed by atoms with Crippen molar-refractivity contribution in [3.63, 3.8) is 0 Å². The van der Waals surface area contributed by atoms with Crippen molar-refractivity contribution in [3.05, 3.63) is 36.0 Å². The van der Waals surface area contributed by atoms with Crippen LogP contribution in [-0.4, -0.2) is 16.2 Å². The molecule has 0 unspecified atom stereocenters. The molecule has 6 nitrogen and oxygen atoms in total. The van der Waals surface area contributed by atoms with Crippen LogP contribution in [0, 0.1) is 5.41 Å². The minimum Gasteiger partial charge on any atom is -0.398 e. The van der Waals surface area contributed by atoms with Gasteiger partial charge in [-0.1, -0.05) is 0 Å². The standard InChI is InChI=1S/C11H12N6/c12-6-7-5-8(1-2-9(7)13)16-10-3-4-15-11(14)17-10/h1-6,12H,13H2,(H3,14,15,16,17). The molecule has 2 aromatic rings. The van der Waals surface area contributed by atoms with Gasteiger partial charge in [0.15, 0.2) is 0 Å². The lowest BCUT2D eigenvalue weighted by atomic mass is 10.2. The summed E-state index contributed by atoms with van der Waals surface area (Å²) in [7, 11) is 0. The largest absolute Gasteiger partial charge is 0.398 e. The van der Waals surface area contributed by atoms with Gasteiger partial charge in [0.05, 0.1) is 0 Å². The fraction of sp³-hybridized carbons (Fsp3) is 0. The Morgan fingerprint density at radius 1 is 1.24 bits per heavy atom. The molecule has 0 aliphatic rings. The average Bonchev–Trinajstić information content (AvgIpc) is 2.32. The van der Waals surface area contributed by atoms with Crippen LogP contribution in [0.5, 0.6) is 0 Å². The summed E-state index contributed by atoms with van der Waals surface area (Å²) in [4.78, 5) is 7.81. The van der Waals surface area contributed by atoms with E-state index in [0.29, 0.717) is 17.1 Å². The van der Waals surface area contributed by atoms with Crippen molar-refractivity contribution in [1.82, 2.24) is 9.97 Å². The fourth-order valence-electron chi connectivity index (χ4n) is 1.37. The molecule has 0 saturated carbocycles. The van der Waals surface area contributed by atoms with Crippen molar-refractivity contribution in [3.8, 4) is 0 Å². The zero-order valence-electron chi connectivity index (χ0n) is 9.01. The Morgan fingerprint density at radius 2 is 2.06 bits per heavy atom. The highest BCUT2D eigenvalue weighted by molar-refractivity contribution is 5.87. The van der Waals surface area contributed by atoms with Crippen LogP contribution in [0.25, 0.3) is 0 Å². The second-order valence-electron chi connectivity index (χ2n) is 3.41. The lowest BCUT2D eigenvalue weighted by molar-refractivity contribution is 1.18. The summed E-state index contributed by atoms with van der Waals surface area (Å²) in [5.74, 6) is 0.802. The Balaban J connectivity index is 2.27. The molecule has 0 radical (unpaired) electrons. The van der Waals surface area contributed by atoms with E-state index in [1.165, 1.54) is 6.21 Å². The van der Waals surface area contributed by atoms with Gasteiger partial charge in [0.25, 0.3) is 0 Å². The highest BCUT2D eigenvalue weighted by Crippen LogP contribution is 2.19. The number of benzene rings is 1. The zero-order valence-corrected chi connectivity index (χ0v) is 9.01. The SMILES string of the molecule is N=Cc1cc(Nc2ccnc(N)n2)ccc1N. The molecule has 0 bridgehead atoms. The number of anilines is 4. The van der Waals surface area contributed by atoms with E-state index in [1.54, 1.807) is 30.5 Å². The molecule has 0 aliphatic heterocycles. The number of nitrogens with two attached hydrogens (primary N) is 2. The minimum absolute atomic E-state index is 0.206. The summed E-state index contributed by atoms with van der Waals surface area (Å²) in [6, 6.07) is 7.01. The second-order valence-corrected chi connectivity index (χ2v) is 3.41. The Labute approximate surface area is 98.2 Å². The Morgan fingerprint density at radius 3 is 2.76 bits per heavy atom. The molecule has 1 heterocycles. The van der Waals surface area contributed by atoms with Crippen LogP contribution < -0.4 is 16.8 Å². The summed E-state index contributed by atoms with van der Waals surface area (Å²) in [5.41, 5.74) is 13.2. The molecule has 0 saturated heterocycles. The first-order valence-electron chi connectivity index (χ1n) is 4.94. The zero-order chi connectivity index (χ0) is 12.3. The van der Waals surface area contributed by atoms with Crippen LogP contribution in [0.3, 0.4) is 0 Å². The van der Waals surface area contributed by atoms with Gasteiger partial charge in [-0.15, -0.1) is 0 Å². The Bertz CT molecular complexity index is 551. The normalized spacial score (nSPS) is 9.88. The maximum atomic E-state index is 7.22. The number of rotatable bonds is 3. The molecule has 17 heavy (non-hydrogen) atoms. The summed E-state index contributed by atoms with van der Waals surface area (Å²) in [6.45, 7) is 0. The summed E-state index contributed by atoms with van der Waals surface area (Å²) < 4.78 is 0. The van der Waals surface area contributed by atoms with Crippen molar-refractivity contribution < 1.29 is 0 Å². The number of nitrogen functional groups attached to an aromatic ring is 2. The highest BCUT2D eigenvalue weighted by atomic mass is 15.1. The first-order chi connectivity index (χ1) is 8.19. The van der Waals surface area contributed by atoms with Gasteiger partial charge in [-0.2, -0.15) is 4.98 Å². The van der Waals surface area contributed by atoms with Crippen LogP contribution in [-0.2, 0) is 0 Å². The van der Waals surface area contributed by atoms with E-state index in [-0.39, 0.29) is 5.95 Å². The quantitative estimate of drug-likeness (QED) is 0.468. The predicted octanol–water partition coefficient (Wildman–Crippen LogP) is 1.38. The molecule has 0 amide bonds. The molecule has 2 rings (SSSR count). The number of nitrogens with one attached hydrogen (secondary N) is 2. The molecule has 0 spiro atoms. The van der Waals surface area contributed by atoms with E-state index in [4.69, 9.17) is 16.9 Å². The van der Waals surface area contributed by atoms with Gasteiger partial charge in [0, 0.05) is 29.3 Å². The fourth-order valence-corrected chi connectivity index (χ4v) is 1.37. The number of aromatic nitrogens is 2. The second kappa shape index (κ2) is 4.48. The lowest BCUT2D eigenvalue weighted by Gasteiger charge is -2.07. The van der Waals surface area contributed by atoms with Gasteiger partial charge in [0.2, 0.25) is 5.95 Å². The van der Waals surface area contributed by atoms with E-state index >= 15 is 0 Å². The van der Waals surface area contributed by atoms with Gasteiger partial charge >= 0.3 is 0 Å². The minimum atomic E-state index is 0.206. The van der Waals surface area contributed by atoms with Crippen LogP contribution in [0.4, 0.5) is 23.1 Å². The van der Waals surface area contributed by atoms with Crippen molar-refractivity contribution in [1.29, 1.82) is 5.41 Å². The number of hydrogen-bond acceptors (Lipinski definition) is 6. The van der Waals surface area contributed by atoms with Crippen molar-refractivity contribution in [2.75, 3.05) is 16.8 Å². The Hall–Kier alpha value is -2.63. The van der Waals surface area contributed by atoms with Gasteiger partial charge < -0.3 is 22.2 Å². The van der Waals surface area contributed by atoms with Crippen LogP contribution in [0.2, 0.25) is 0 Å². The van der Waals surface area contributed by atoms with Crippen LogP contribution in [0.1, 0.15) is 5.56 Å². The van der Waals surface area contributed by atoms with Gasteiger partial charge in [-0.25, -0.2) is 4.98 Å². The molecule has 6 heteroatoms. The first-order valence-corrected chi connectivity index (χ1v) is 4.94. The molecule has 1 aromatic carbocycles. The van der Waals surface area contributed by atoms with Gasteiger partial charge in [-0.05, 0) is 24.3 Å². The lowest BCUT2D eigenvalue weighted by Crippen LogP contribution is -2.00. The summed E-state index contributed by atoms with van der Waals surface area (Å²) in [5, 5.41) is 10.3. The smallest absolute Gasteiger partial charge is 0.221 e. The summed E-state index contributed by atoms with van der Waals surface area (Å²) in [6.07, 6.45) is 2.77. The third-order valence-electron chi connectivity index (χ3n) is 2.19. The molecular formula is C11H12N6. The van der Waals surface area contributed by atoms with E-state index in [1.807, 2.05) is 0 Å². The molecule has 0 fully saturated rings. The molecule has 6 N–H and O–H groups in total. The third kappa shape index (κ3) is 2.49. The molecule has 1 aromatic heterocycles. The van der Waals surface area contributed by atoms with Gasteiger partial charge in [0.1, 0.15) is 5.82 Å². The predicted molar refractivity (Wildman–Crippen MR) is 68.5 cm³/mol. The van der Waals surface area contributed by atoms with Crippen molar-refractivity contribution in [2.45, 2.75) is 0 Å². The highest BCUT2D eigenvalue weighted by Gasteiger charge is 2.00. The third-order valence-corrected chi connectivity index (χ3v) is 2.19. The Kier molecular flexibility index (Phi) is 2.87. The van der Waals surface area contributed by atoms with Crippen molar-refractivity contribution in [2.24, 2.45) is 0 Å². The molecule has 0 aliphatic carbocycles. The monoisotopic (exact) mass is 228 g/mol. The summed E-state index contributed by atoms with van der Waals surface area (Å²) >= 11 is 0. The van der Waals surface area contributed by atoms with E-state index < -0.39 is 0 Å². The molecular weight excluding hydrogens is 216 g/mol. The van der Waals surface area contributed by atoms with Crippen LogP contribution in [0.15, 0.2) is 30.5 Å². The van der Waals surface area contributed by atoms with Crippen LogP contribution >= 0.6 is 0 Å². The maximum Gasteiger partial charge on any atom is 0.221 e. The van der Waals surface area contributed by atoms with E-state index in [9.17, 15) is 0 Å². The average molecular weight is 228 g/mol. The van der Waals surface area contributed by atoms with E-state index in [2.05, 4.69) is 15.3 Å². The van der Waals surface area contributed by atoms with E-state index in [0.717, 1.165) is 5.69 Å². The topological polar surface area (TPSA) is 114 Å². The maximum absolute atomic E-state index is 7.22. The number of nitrogens with zero attached hydrogens (tertiary/aromatic N) is 2. The number of hydrogen-bond donors (Lipinski definition) is 4.